The molecule has 0 spiro atoms. The predicted molar refractivity (Wildman–Crippen MR) is 143 cm³/mol. The van der Waals surface area contributed by atoms with Crippen LogP contribution in [0.5, 0.6) is 0 Å². The number of carboxylic acids is 1. The molecule has 0 amide bonds. The maximum atomic E-state index is 11.9. The zero-order valence-corrected chi connectivity index (χ0v) is 20.7. The van der Waals surface area contributed by atoms with Gasteiger partial charge in [0.15, 0.2) is 5.13 Å². The smallest absolute Gasteiger partial charge is 0.360 e. The van der Waals surface area contributed by atoms with Gasteiger partial charge in [-0.2, -0.15) is 5.26 Å². The predicted octanol–water partition coefficient (Wildman–Crippen LogP) is 5.57. The number of rotatable bonds is 11. The minimum Gasteiger partial charge on any atom is -0.476 e. The molecule has 0 radical (unpaired) electrons. The minimum absolute atomic E-state index is 0.114. The van der Waals surface area contributed by atoms with Gasteiger partial charge in [0.1, 0.15) is 23.2 Å². The Labute approximate surface area is 217 Å². The Bertz CT molecular complexity index is 1260. The molecule has 1 aromatic heterocycles. The summed E-state index contributed by atoms with van der Waals surface area (Å²) in [7, 11) is 0. The van der Waals surface area contributed by atoms with Crippen LogP contribution < -0.4 is 5.32 Å². The number of carbonyl (C=O) groups is 1. The van der Waals surface area contributed by atoms with Crippen LogP contribution in [0.2, 0.25) is 0 Å². The summed E-state index contributed by atoms with van der Waals surface area (Å²) in [4.78, 5) is 21.5. The molecular weight excluding hydrogens is 492 g/mol. The molecule has 36 heavy (non-hydrogen) atoms. The SMILES string of the molecule is N#CSCCON=C(C(=O)O)c1csc(NC(c2ccccc2)(c2ccccc2)c2ccccc2)n1. The molecule has 9 heteroatoms. The van der Waals surface area contributed by atoms with Crippen LogP contribution in [-0.2, 0) is 15.2 Å². The molecule has 0 aliphatic rings. The highest BCUT2D eigenvalue weighted by Crippen LogP contribution is 2.40. The zero-order chi connectivity index (χ0) is 25.2. The normalized spacial score (nSPS) is 11.5. The number of aliphatic carboxylic acids is 1. The van der Waals surface area contributed by atoms with E-state index in [1.54, 1.807) is 5.38 Å². The number of anilines is 1. The molecule has 0 fully saturated rings. The molecule has 2 N–H and O–H groups in total. The quantitative estimate of drug-likeness (QED) is 0.0886. The van der Waals surface area contributed by atoms with E-state index in [1.165, 1.54) is 11.3 Å². The van der Waals surface area contributed by atoms with Gasteiger partial charge in [-0.1, -0.05) is 96.2 Å². The third kappa shape index (κ3) is 5.57. The third-order valence-electron chi connectivity index (χ3n) is 5.36. The second kappa shape index (κ2) is 12.0. The van der Waals surface area contributed by atoms with E-state index < -0.39 is 11.5 Å². The molecule has 4 rings (SSSR count). The number of nitrogens with zero attached hydrogens (tertiary/aromatic N) is 3. The van der Waals surface area contributed by atoms with Crippen molar-refractivity contribution in [3.05, 3.63) is 119 Å². The number of thiazole rings is 1. The molecule has 0 bridgehead atoms. The minimum atomic E-state index is -1.25. The van der Waals surface area contributed by atoms with Crippen molar-refractivity contribution in [1.82, 2.24) is 4.98 Å². The Morgan fingerprint density at radius 2 is 1.53 bits per heavy atom. The average molecular weight is 515 g/mol. The summed E-state index contributed by atoms with van der Waals surface area (Å²) in [6.07, 6.45) is 0. The van der Waals surface area contributed by atoms with Gasteiger partial charge in [0.25, 0.3) is 0 Å². The number of hydrogen-bond donors (Lipinski definition) is 2. The van der Waals surface area contributed by atoms with Crippen LogP contribution >= 0.6 is 23.1 Å². The van der Waals surface area contributed by atoms with Crippen LogP contribution in [0.1, 0.15) is 22.4 Å². The van der Waals surface area contributed by atoms with Crippen LogP contribution in [0.25, 0.3) is 0 Å². The van der Waals surface area contributed by atoms with Gasteiger partial charge in [-0.05, 0) is 28.5 Å². The summed E-state index contributed by atoms with van der Waals surface area (Å²) in [6, 6.07) is 30.2. The first-order valence-corrected chi connectivity index (χ1v) is 12.9. The summed E-state index contributed by atoms with van der Waals surface area (Å²) in [5.74, 6) is -0.870. The lowest BCUT2D eigenvalue weighted by atomic mass is 9.77. The Morgan fingerprint density at radius 1 is 1.00 bits per heavy atom. The van der Waals surface area contributed by atoms with Crippen LogP contribution in [0.15, 0.2) is 102 Å². The van der Waals surface area contributed by atoms with Gasteiger partial charge in [-0.15, -0.1) is 11.3 Å². The fourth-order valence-electron chi connectivity index (χ4n) is 3.81. The van der Waals surface area contributed by atoms with Gasteiger partial charge in [0.05, 0.1) is 0 Å². The Hall–Kier alpha value is -4.13. The van der Waals surface area contributed by atoms with Crippen molar-refractivity contribution in [1.29, 1.82) is 5.26 Å². The summed E-state index contributed by atoms with van der Waals surface area (Å²) in [5.41, 5.74) is 2.11. The molecule has 0 aliphatic heterocycles. The third-order valence-corrected chi connectivity index (χ3v) is 6.62. The number of oxime groups is 1. The maximum Gasteiger partial charge on any atom is 0.360 e. The van der Waals surface area contributed by atoms with Crippen LogP contribution in [0, 0.1) is 10.7 Å². The van der Waals surface area contributed by atoms with Gasteiger partial charge < -0.3 is 15.3 Å². The van der Waals surface area contributed by atoms with Crippen LogP contribution in [0.3, 0.4) is 0 Å². The standard InChI is InChI=1S/C27H22N4O3S2/c28-19-35-17-16-34-31-24(25(32)33)23-18-36-26(29-23)30-27(20-10-4-1-5-11-20,21-12-6-2-7-13-21)22-14-8-3-9-15-22/h1-15,18H,16-17H2,(H,29,30)(H,32,33). The molecule has 3 aromatic carbocycles. The Morgan fingerprint density at radius 3 is 2.00 bits per heavy atom. The van der Waals surface area contributed by atoms with Crippen LogP contribution in [0.4, 0.5) is 5.13 Å². The van der Waals surface area contributed by atoms with Crippen molar-refractivity contribution in [2.45, 2.75) is 5.54 Å². The molecule has 0 saturated heterocycles. The maximum absolute atomic E-state index is 11.9. The summed E-state index contributed by atoms with van der Waals surface area (Å²) in [5, 5.41) is 29.7. The second-order valence-corrected chi connectivity index (χ2v) is 9.27. The van der Waals surface area contributed by atoms with Crippen molar-refractivity contribution in [2.75, 3.05) is 17.7 Å². The molecule has 4 aromatic rings. The highest BCUT2D eigenvalue weighted by atomic mass is 32.2. The fourth-order valence-corrected chi connectivity index (χ4v) is 4.81. The molecule has 0 unspecified atom stereocenters. The van der Waals surface area contributed by atoms with Gasteiger partial charge in [-0.25, -0.2) is 9.78 Å². The first-order valence-electron chi connectivity index (χ1n) is 11.0. The van der Waals surface area contributed by atoms with E-state index in [1.807, 2.05) is 60.0 Å². The highest BCUT2D eigenvalue weighted by molar-refractivity contribution is 8.03. The fraction of sp³-hybridized carbons (Fsp3) is 0.111. The van der Waals surface area contributed by atoms with Crippen molar-refractivity contribution < 1.29 is 14.7 Å². The highest BCUT2D eigenvalue weighted by Gasteiger charge is 2.37. The van der Waals surface area contributed by atoms with Crippen molar-refractivity contribution in [2.24, 2.45) is 5.16 Å². The summed E-state index contributed by atoms with van der Waals surface area (Å²) < 4.78 is 0. The first-order chi connectivity index (χ1) is 17.6. The van der Waals surface area contributed by atoms with E-state index in [0.717, 1.165) is 28.5 Å². The number of thioether (sulfide) groups is 1. The largest absolute Gasteiger partial charge is 0.476 e. The lowest BCUT2D eigenvalue weighted by molar-refractivity contribution is -0.129. The van der Waals surface area contributed by atoms with Gasteiger partial charge >= 0.3 is 5.97 Å². The van der Waals surface area contributed by atoms with E-state index in [0.29, 0.717) is 10.9 Å². The van der Waals surface area contributed by atoms with Crippen molar-refractivity contribution >= 4 is 39.9 Å². The molecule has 0 atom stereocenters. The number of nitrogens with one attached hydrogen (secondary N) is 1. The second-order valence-electron chi connectivity index (χ2n) is 7.53. The number of aromatic nitrogens is 1. The van der Waals surface area contributed by atoms with E-state index >= 15 is 0 Å². The molecular formula is C27H22N4O3S2. The number of benzene rings is 3. The molecule has 180 valence electrons. The van der Waals surface area contributed by atoms with Crippen molar-refractivity contribution in [3.63, 3.8) is 0 Å². The number of nitriles is 1. The van der Waals surface area contributed by atoms with Crippen molar-refractivity contribution in [3.8, 4) is 5.40 Å². The molecule has 1 heterocycles. The van der Waals surface area contributed by atoms with E-state index in [-0.39, 0.29) is 18.0 Å². The van der Waals surface area contributed by atoms with E-state index in [2.05, 4.69) is 51.9 Å². The average Bonchev–Trinajstić information content (AvgIpc) is 3.38. The van der Waals surface area contributed by atoms with E-state index in [9.17, 15) is 9.90 Å². The monoisotopic (exact) mass is 514 g/mol. The van der Waals surface area contributed by atoms with Crippen LogP contribution in [-0.4, -0.2) is 34.1 Å². The molecule has 0 aliphatic carbocycles. The molecule has 0 saturated carbocycles. The molecule has 7 nitrogen and oxygen atoms in total. The number of thiocyanates is 1. The zero-order valence-electron chi connectivity index (χ0n) is 19.1. The summed E-state index contributed by atoms with van der Waals surface area (Å²) in [6.45, 7) is 0.114. The Kier molecular flexibility index (Phi) is 8.34. The topological polar surface area (TPSA) is 108 Å². The van der Waals surface area contributed by atoms with Gasteiger partial charge in [-0.3, -0.25) is 0 Å². The lowest BCUT2D eigenvalue weighted by Gasteiger charge is -2.36. The summed E-state index contributed by atoms with van der Waals surface area (Å²) >= 11 is 2.29. The number of carboxylic acid groups (broad SMARTS) is 1. The number of hydrogen-bond acceptors (Lipinski definition) is 8. The van der Waals surface area contributed by atoms with Gasteiger partial charge in [0, 0.05) is 11.1 Å². The van der Waals surface area contributed by atoms with E-state index in [4.69, 9.17) is 10.1 Å². The first kappa shape index (κ1) is 25.0. The lowest BCUT2D eigenvalue weighted by Crippen LogP contribution is -2.38. The Balaban J connectivity index is 1.76. The van der Waals surface area contributed by atoms with Gasteiger partial charge in [0.2, 0.25) is 5.71 Å².